The molecule has 0 N–H and O–H groups in total. The maximum Gasteiger partial charge on any atom is 0.133 e. The van der Waals surface area contributed by atoms with E-state index in [0.29, 0.717) is 5.92 Å². The molecule has 1 aliphatic rings. The Hall–Kier alpha value is -1.02. The highest BCUT2D eigenvalue weighted by Crippen LogP contribution is 2.29. The van der Waals surface area contributed by atoms with Gasteiger partial charge in [0.1, 0.15) is 5.92 Å². The van der Waals surface area contributed by atoms with Gasteiger partial charge in [-0.15, -0.1) is 0 Å². The predicted octanol–water partition coefficient (Wildman–Crippen LogP) is 2.23. The maximum absolute atomic E-state index is 8.51. The monoisotopic (exact) mass is 148 g/mol. The van der Waals surface area contributed by atoms with Gasteiger partial charge in [0.25, 0.3) is 0 Å². The van der Waals surface area contributed by atoms with Crippen LogP contribution in [0.5, 0.6) is 0 Å². The lowest BCUT2D eigenvalue weighted by atomic mass is 9.95. The van der Waals surface area contributed by atoms with E-state index in [0.717, 1.165) is 6.42 Å². The van der Waals surface area contributed by atoms with Gasteiger partial charge >= 0.3 is 0 Å². The molecule has 0 unspecified atom stereocenters. The Morgan fingerprint density at radius 3 is 2.18 bits per heavy atom. The number of rotatable bonds is 2. The molecule has 0 saturated heterocycles. The lowest BCUT2D eigenvalue weighted by Crippen LogP contribution is -2.01. The molecule has 1 fully saturated rings. The Bertz CT molecular complexity index is 177. The summed E-state index contributed by atoms with van der Waals surface area (Å²) in [6, 6.07) is 4.04. The van der Waals surface area contributed by atoms with E-state index < -0.39 is 0 Å². The zero-order chi connectivity index (χ0) is 8.10. The first-order valence-corrected chi connectivity index (χ1v) is 4.16. The third kappa shape index (κ3) is 2.24. The summed E-state index contributed by atoms with van der Waals surface area (Å²) in [5.41, 5.74) is 0. The third-order valence-corrected chi connectivity index (χ3v) is 2.36. The zero-order valence-corrected chi connectivity index (χ0v) is 6.58. The van der Waals surface area contributed by atoms with Crippen LogP contribution in [0.1, 0.15) is 32.1 Å². The molecule has 2 nitrogen and oxygen atoms in total. The Morgan fingerprint density at radius 2 is 1.73 bits per heavy atom. The fraction of sp³-hybridized carbons (Fsp3) is 0.778. The lowest BCUT2D eigenvalue weighted by molar-refractivity contribution is 0.474. The summed E-state index contributed by atoms with van der Waals surface area (Å²) in [5.74, 6) is 0.289. The van der Waals surface area contributed by atoms with Crippen LogP contribution in [-0.2, 0) is 0 Å². The molecule has 58 valence electrons. The van der Waals surface area contributed by atoms with E-state index >= 15 is 0 Å². The van der Waals surface area contributed by atoms with Crippen molar-refractivity contribution in [3.8, 4) is 12.1 Å². The topological polar surface area (TPSA) is 47.6 Å². The van der Waals surface area contributed by atoms with E-state index in [1.54, 1.807) is 0 Å². The Morgan fingerprint density at radius 1 is 1.18 bits per heavy atom. The fourth-order valence-electron chi connectivity index (χ4n) is 1.71. The van der Waals surface area contributed by atoms with Crippen molar-refractivity contribution < 1.29 is 0 Å². The summed E-state index contributed by atoms with van der Waals surface area (Å²) in [6.45, 7) is 0. The highest BCUT2D eigenvalue weighted by Gasteiger charge is 2.19. The maximum atomic E-state index is 8.51. The average Bonchev–Trinajstić information content (AvgIpc) is 2.52. The van der Waals surface area contributed by atoms with Crippen LogP contribution in [0.15, 0.2) is 0 Å². The van der Waals surface area contributed by atoms with Gasteiger partial charge in [-0.25, -0.2) is 0 Å². The van der Waals surface area contributed by atoms with E-state index in [2.05, 4.69) is 0 Å². The van der Waals surface area contributed by atoms with Crippen LogP contribution in [0.4, 0.5) is 0 Å². The molecule has 2 heteroatoms. The number of hydrogen-bond acceptors (Lipinski definition) is 2. The summed E-state index contributed by atoms with van der Waals surface area (Å²) in [6.07, 6.45) is 5.81. The smallest absolute Gasteiger partial charge is 0.133 e. The highest BCUT2D eigenvalue weighted by atomic mass is 14.3. The first-order chi connectivity index (χ1) is 5.36. The van der Waals surface area contributed by atoms with Crippen molar-refractivity contribution in [3.63, 3.8) is 0 Å². The number of nitriles is 2. The summed E-state index contributed by atoms with van der Waals surface area (Å²) >= 11 is 0. The average molecular weight is 148 g/mol. The Kier molecular flexibility index (Phi) is 2.93. The fourth-order valence-corrected chi connectivity index (χ4v) is 1.71. The van der Waals surface area contributed by atoms with Crippen molar-refractivity contribution in [2.75, 3.05) is 0 Å². The first kappa shape index (κ1) is 8.08. The largest absolute Gasteiger partial charge is 0.197 e. The second-order valence-corrected chi connectivity index (χ2v) is 3.20. The molecule has 11 heavy (non-hydrogen) atoms. The van der Waals surface area contributed by atoms with E-state index in [9.17, 15) is 0 Å². The SMILES string of the molecule is N#CC(C#N)CC1CCCC1. The van der Waals surface area contributed by atoms with Crippen molar-refractivity contribution in [3.05, 3.63) is 0 Å². The van der Waals surface area contributed by atoms with Crippen LogP contribution >= 0.6 is 0 Å². The molecule has 0 aromatic heterocycles. The lowest BCUT2D eigenvalue weighted by Gasteiger charge is -2.06. The number of nitrogens with zero attached hydrogens (tertiary/aromatic N) is 2. The van der Waals surface area contributed by atoms with Crippen LogP contribution in [-0.4, -0.2) is 0 Å². The molecule has 0 amide bonds. The van der Waals surface area contributed by atoms with Gasteiger partial charge < -0.3 is 0 Å². The van der Waals surface area contributed by atoms with Gasteiger partial charge in [-0.1, -0.05) is 25.7 Å². The second kappa shape index (κ2) is 3.98. The van der Waals surface area contributed by atoms with Gasteiger partial charge in [0.05, 0.1) is 12.1 Å². The molecule has 0 heterocycles. The summed E-state index contributed by atoms with van der Waals surface area (Å²) in [7, 11) is 0. The molecule has 0 aromatic rings. The predicted molar refractivity (Wildman–Crippen MR) is 41.3 cm³/mol. The summed E-state index contributed by atoms with van der Waals surface area (Å²) in [4.78, 5) is 0. The molecule has 0 aromatic carbocycles. The van der Waals surface area contributed by atoms with E-state index in [-0.39, 0.29) is 5.92 Å². The molecule has 0 atom stereocenters. The third-order valence-electron chi connectivity index (χ3n) is 2.36. The van der Waals surface area contributed by atoms with Crippen molar-refractivity contribution in [2.24, 2.45) is 11.8 Å². The number of hydrogen-bond donors (Lipinski definition) is 0. The second-order valence-electron chi connectivity index (χ2n) is 3.20. The van der Waals surface area contributed by atoms with E-state index in [4.69, 9.17) is 10.5 Å². The zero-order valence-electron chi connectivity index (χ0n) is 6.58. The van der Waals surface area contributed by atoms with E-state index in [1.165, 1.54) is 25.7 Å². The van der Waals surface area contributed by atoms with Crippen molar-refractivity contribution >= 4 is 0 Å². The summed E-state index contributed by atoms with van der Waals surface area (Å²) in [5, 5.41) is 17.0. The summed E-state index contributed by atoms with van der Waals surface area (Å²) < 4.78 is 0. The van der Waals surface area contributed by atoms with Crippen LogP contribution in [0, 0.1) is 34.5 Å². The van der Waals surface area contributed by atoms with Gasteiger partial charge in [-0.2, -0.15) is 10.5 Å². The Labute approximate surface area is 67.4 Å². The molecule has 1 saturated carbocycles. The quantitative estimate of drug-likeness (QED) is 0.602. The van der Waals surface area contributed by atoms with Crippen molar-refractivity contribution in [1.82, 2.24) is 0 Å². The first-order valence-electron chi connectivity index (χ1n) is 4.16. The van der Waals surface area contributed by atoms with E-state index in [1.807, 2.05) is 12.1 Å². The van der Waals surface area contributed by atoms with Gasteiger partial charge in [-0.05, 0) is 12.3 Å². The molecule has 0 radical (unpaired) electrons. The van der Waals surface area contributed by atoms with Crippen LogP contribution in [0.3, 0.4) is 0 Å². The standard InChI is InChI=1S/C9H12N2/c10-6-9(7-11)5-8-3-1-2-4-8/h8-9H,1-5H2. The normalized spacial score (nSPS) is 18.1. The molecule has 0 aliphatic heterocycles. The van der Waals surface area contributed by atoms with Crippen molar-refractivity contribution in [1.29, 1.82) is 10.5 Å². The van der Waals surface area contributed by atoms with Gasteiger partial charge in [0, 0.05) is 0 Å². The van der Waals surface area contributed by atoms with Crippen LogP contribution < -0.4 is 0 Å². The molecule has 0 bridgehead atoms. The highest BCUT2D eigenvalue weighted by molar-refractivity contribution is 4.99. The van der Waals surface area contributed by atoms with Gasteiger partial charge in [-0.3, -0.25) is 0 Å². The molecular weight excluding hydrogens is 136 g/mol. The minimum absolute atomic E-state index is 0.363. The van der Waals surface area contributed by atoms with Crippen LogP contribution in [0.2, 0.25) is 0 Å². The van der Waals surface area contributed by atoms with Crippen LogP contribution in [0.25, 0.3) is 0 Å². The Balaban J connectivity index is 2.30. The minimum Gasteiger partial charge on any atom is -0.197 e. The molecule has 1 rings (SSSR count). The van der Waals surface area contributed by atoms with Crippen molar-refractivity contribution in [2.45, 2.75) is 32.1 Å². The molecule has 0 spiro atoms. The van der Waals surface area contributed by atoms with Gasteiger partial charge in [0.15, 0.2) is 0 Å². The molecule has 1 aliphatic carbocycles. The minimum atomic E-state index is -0.363. The van der Waals surface area contributed by atoms with Gasteiger partial charge in [0.2, 0.25) is 0 Å². The molecular formula is C9H12N2.